The lowest BCUT2D eigenvalue weighted by atomic mass is 10.3. The number of nitrogens with zero attached hydrogens (tertiary/aromatic N) is 1. The molecule has 2 heterocycles. The molecule has 0 aromatic carbocycles. The molecule has 7 heteroatoms. The standard InChI is InChI=1S/C11H15N3O3S/c1-18(15,16)14-6-2-5-12-11-9-4-8-17-10(9)3-7-13-11/h3-4,7-8,14H,2,5-6H2,1H3,(H,12,13). The summed E-state index contributed by atoms with van der Waals surface area (Å²) in [6.45, 7) is 1.05. The van der Waals surface area contributed by atoms with Crippen molar-refractivity contribution in [2.75, 3.05) is 24.7 Å². The topological polar surface area (TPSA) is 84.2 Å². The summed E-state index contributed by atoms with van der Waals surface area (Å²) in [6, 6.07) is 3.64. The van der Waals surface area contributed by atoms with E-state index in [4.69, 9.17) is 4.42 Å². The Kier molecular flexibility index (Phi) is 3.83. The fourth-order valence-corrected chi connectivity index (χ4v) is 2.10. The van der Waals surface area contributed by atoms with Crippen molar-refractivity contribution in [1.29, 1.82) is 0 Å². The number of anilines is 1. The zero-order valence-corrected chi connectivity index (χ0v) is 10.8. The van der Waals surface area contributed by atoms with Gasteiger partial charge in [-0.05, 0) is 18.6 Å². The number of nitrogens with one attached hydrogen (secondary N) is 2. The third kappa shape index (κ3) is 3.44. The number of furan rings is 1. The van der Waals surface area contributed by atoms with E-state index in [-0.39, 0.29) is 0 Å². The molecule has 0 aliphatic heterocycles. The van der Waals surface area contributed by atoms with E-state index in [1.807, 2.05) is 6.07 Å². The van der Waals surface area contributed by atoms with Crippen molar-refractivity contribution < 1.29 is 12.8 Å². The van der Waals surface area contributed by atoms with Crippen LogP contribution in [-0.2, 0) is 10.0 Å². The van der Waals surface area contributed by atoms with Gasteiger partial charge in [-0.25, -0.2) is 18.1 Å². The van der Waals surface area contributed by atoms with Crippen LogP contribution < -0.4 is 10.0 Å². The first-order valence-corrected chi connectivity index (χ1v) is 7.46. The normalized spacial score (nSPS) is 11.8. The first-order valence-electron chi connectivity index (χ1n) is 5.57. The monoisotopic (exact) mass is 269 g/mol. The molecule has 0 spiro atoms. The third-order valence-corrected chi connectivity index (χ3v) is 3.12. The molecule has 0 fully saturated rings. The van der Waals surface area contributed by atoms with Crippen LogP contribution in [0.5, 0.6) is 0 Å². The van der Waals surface area contributed by atoms with E-state index in [1.165, 1.54) is 0 Å². The molecule has 0 aliphatic carbocycles. The molecule has 0 saturated carbocycles. The maximum atomic E-state index is 10.8. The Balaban J connectivity index is 1.85. The largest absolute Gasteiger partial charge is 0.464 e. The molecule has 0 saturated heterocycles. The van der Waals surface area contributed by atoms with E-state index < -0.39 is 10.0 Å². The molecule has 98 valence electrons. The second-order valence-electron chi connectivity index (χ2n) is 3.94. The Morgan fingerprint density at radius 1 is 1.33 bits per heavy atom. The highest BCUT2D eigenvalue weighted by atomic mass is 32.2. The molecule has 2 N–H and O–H groups in total. The Morgan fingerprint density at radius 3 is 2.94 bits per heavy atom. The molecule has 18 heavy (non-hydrogen) atoms. The quantitative estimate of drug-likeness (QED) is 0.769. The number of sulfonamides is 1. The van der Waals surface area contributed by atoms with Crippen molar-refractivity contribution in [3.8, 4) is 0 Å². The van der Waals surface area contributed by atoms with Crippen molar-refractivity contribution in [3.05, 3.63) is 24.6 Å². The average Bonchev–Trinajstić information content (AvgIpc) is 2.75. The summed E-state index contributed by atoms with van der Waals surface area (Å²) in [5.41, 5.74) is 0.779. The first-order chi connectivity index (χ1) is 8.56. The van der Waals surface area contributed by atoms with Gasteiger partial charge in [-0.3, -0.25) is 0 Å². The summed E-state index contributed by atoms with van der Waals surface area (Å²) in [7, 11) is -3.10. The SMILES string of the molecule is CS(=O)(=O)NCCCNc1nccc2occc12. The zero-order valence-electron chi connectivity index (χ0n) is 10.0. The molecule has 0 atom stereocenters. The number of aromatic nitrogens is 1. The zero-order chi connectivity index (χ0) is 13.0. The van der Waals surface area contributed by atoms with Gasteiger partial charge in [0.25, 0.3) is 0 Å². The maximum Gasteiger partial charge on any atom is 0.208 e. The Labute approximate surface area is 105 Å². The molecule has 0 amide bonds. The van der Waals surface area contributed by atoms with Gasteiger partial charge in [0.2, 0.25) is 10.0 Å². The minimum atomic E-state index is -3.10. The van der Waals surface area contributed by atoms with Crippen molar-refractivity contribution in [1.82, 2.24) is 9.71 Å². The summed E-state index contributed by atoms with van der Waals surface area (Å²) < 4.78 is 29.4. The van der Waals surface area contributed by atoms with Crippen LogP contribution in [0.4, 0.5) is 5.82 Å². The van der Waals surface area contributed by atoms with E-state index in [9.17, 15) is 8.42 Å². The summed E-state index contributed by atoms with van der Waals surface area (Å²) in [5.74, 6) is 0.751. The predicted octanol–water partition coefficient (Wildman–Crippen LogP) is 1.18. The second kappa shape index (κ2) is 5.36. The number of fused-ring (bicyclic) bond motifs is 1. The van der Waals surface area contributed by atoms with Crippen molar-refractivity contribution in [2.24, 2.45) is 0 Å². The van der Waals surface area contributed by atoms with Crippen molar-refractivity contribution in [3.63, 3.8) is 0 Å². The third-order valence-electron chi connectivity index (χ3n) is 2.39. The van der Waals surface area contributed by atoms with Gasteiger partial charge < -0.3 is 9.73 Å². The van der Waals surface area contributed by atoms with Crippen LogP contribution in [0.2, 0.25) is 0 Å². The average molecular weight is 269 g/mol. The molecule has 2 aromatic heterocycles. The van der Waals surface area contributed by atoms with E-state index in [0.29, 0.717) is 19.5 Å². The van der Waals surface area contributed by atoms with Crippen LogP contribution in [0.1, 0.15) is 6.42 Å². The fraction of sp³-hybridized carbons (Fsp3) is 0.364. The Hall–Kier alpha value is -1.60. The number of pyridine rings is 1. The summed E-state index contributed by atoms with van der Waals surface area (Å²) >= 11 is 0. The van der Waals surface area contributed by atoms with Gasteiger partial charge in [0, 0.05) is 19.3 Å². The number of rotatable bonds is 6. The fourth-order valence-electron chi connectivity index (χ4n) is 1.59. The van der Waals surface area contributed by atoms with Crippen LogP contribution in [0.15, 0.2) is 29.0 Å². The Morgan fingerprint density at radius 2 is 2.17 bits per heavy atom. The van der Waals surface area contributed by atoms with E-state index >= 15 is 0 Å². The molecule has 0 aliphatic rings. The molecule has 6 nitrogen and oxygen atoms in total. The van der Waals surface area contributed by atoms with Gasteiger partial charge in [0.15, 0.2) is 0 Å². The minimum absolute atomic E-state index is 0.410. The minimum Gasteiger partial charge on any atom is -0.464 e. The number of hydrogen-bond acceptors (Lipinski definition) is 5. The molecule has 2 rings (SSSR count). The molecule has 0 unspecified atom stereocenters. The van der Waals surface area contributed by atoms with Gasteiger partial charge >= 0.3 is 0 Å². The van der Waals surface area contributed by atoms with Gasteiger partial charge in [0.1, 0.15) is 11.4 Å². The molecule has 2 aromatic rings. The van der Waals surface area contributed by atoms with Crippen LogP contribution in [0, 0.1) is 0 Å². The lowest BCUT2D eigenvalue weighted by Crippen LogP contribution is -2.24. The van der Waals surface area contributed by atoms with Gasteiger partial charge in [-0.2, -0.15) is 0 Å². The van der Waals surface area contributed by atoms with Crippen LogP contribution >= 0.6 is 0 Å². The van der Waals surface area contributed by atoms with E-state index in [2.05, 4.69) is 15.0 Å². The summed E-state index contributed by atoms with van der Waals surface area (Å²) in [5, 5.41) is 4.08. The van der Waals surface area contributed by atoms with Crippen molar-refractivity contribution >= 4 is 26.8 Å². The van der Waals surface area contributed by atoms with Crippen LogP contribution in [0.3, 0.4) is 0 Å². The highest BCUT2D eigenvalue weighted by Crippen LogP contribution is 2.21. The smallest absolute Gasteiger partial charge is 0.208 e. The van der Waals surface area contributed by atoms with Crippen LogP contribution in [-0.4, -0.2) is 32.7 Å². The van der Waals surface area contributed by atoms with Gasteiger partial charge in [-0.15, -0.1) is 0 Å². The maximum absolute atomic E-state index is 10.8. The van der Waals surface area contributed by atoms with E-state index in [0.717, 1.165) is 23.0 Å². The Bertz CT molecular complexity index is 621. The molecular weight excluding hydrogens is 254 g/mol. The van der Waals surface area contributed by atoms with Gasteiger partial charge in [-0.1, -0.05) is 0 Å². The molecular formula is C11H15N3O3S. The first kappa shape index (κ1) is 12.8. The molecule has 0 bridgehead atoms. The predicted molar refractivity (Wildman–Crippen MR) is 70.0 cm³/mol. The number of hydrogen-bond donors (Lipinski definition) is 2. The van der Waals surface area contributed by atoms with Gasteiger partial charge in [0.05, 0.1) is 17.9 Å². The van der Waals surface area contributed by atoms with E-state index in [1.54, 1.807) is 18.5 Å². The summed E-state index contributed by atoms with van der Waals surface area (Å²) in [4.78, 5) is 4.22. The summed E-state index contributed by atoms with van der Waals surface area (Å²) in [6.07, 6.45) is 5.11. The highest BCUT2D eigenvalue weighted by molar-refractivity contribution is 7.88. The second-order valence-corrected chi connectivity index (χ2v) is 5.77. The van der Waals surface area contributed by atoms with Crippen molar-refractivity contribution in [2.45, 2.75) is 6.42 Å². The molecule has 0 radical (unpaired) electrons. The lowest BCUT2D eigenvalue weighted by molar-refractivity contribution is 0.586. The highest BCUT2D eigenvalue weighted by Gasteiger charge is 2.04. The van der Waals surface area contributed by atoms with Crippen LogP contribution in [0.25, 0.3) is 11.0 Å². The lowest BCUT2D eigenvalue weighted by Gasteiger charge is -2.06.